The summed E-state index contributed by atoms with van der Waals surface area (Å²) in [4.78, 5) is 45.7. The van der Waals surface area contributed by atoms with Crippen molar-refractivity contribution in [2.75, 3.05) is 51.7 Å². The number of rotatable bonds is 5. The highest BCUT2D eigenvalue weighted by molar-refractivity contribution is 7.20. The van der Waals surface area contributed by atoms with Crippen LogP contribution in [0.25, 0.3) is 10.2 Å². The molecule has 1 aliphatic rings. The summed E-state index contributed by atoms with van der Waals surface area (Å²) in [7, 11) is 3.42. The van der Waals surface area contributed by atoms with E-state index >= 15 is 0 Å². The van der Waals surface area contributed by atoms with Crippen molar-refractivity contribution >= 4 is 58.2 Å². The van der Waals surface area contributed by atoms with E-state index in [9.17, 15) is 9.59 Å². The van der Waals surface area contributed by atoms with Crippen molar-refractivity contribution in [3.63, 3.8) is 0 Å². The molecular weight excluding hydrogens is 473 g/mol. The molecule has 0 aromatic carbocycles. The number of anilines is 1. The Bertz CT molecular complexity index is 1110. The number of fused-ring (bicyclic) bond motifs is 1. The lowest BCUT2D eigenvalue weighted by Gasteiger charge is -2.34. The quantitative estimate of drug-likeness (QED) is 0.529. The molecule has 12 heteroatoms. The number of halogens is 2. The van der Waals surface area contributed by atoms with Gasteiger partial charge in [0.2, 0.25) is 5.95 Å². The van der Waals surface area contributed by atoms with E-state index in [0.717, 1.165) is 44.2 Å². The molecule has 32 heavy (non-hydrogen) atoms. The molecule has 0 aliphatic carbocycles. The molecule has 0 unspecified atom stereocenters. The second-order valence-corrected chi connectivity index (χ2v) is 8.56. The molecule has 0 spiro atoms. The van der Waals surface area contributed by atoms with Crippen molar-refractivity contribution < 1.29 is 4.79 Å². The van der Waals surface area contributed by atoms with Crippen LogP contribution in [0.2, 0.25) is 0 Å². The van der Waals surface area contributed by atoms with Gasteiger partial charge < -0.3 is 9.80 Å². The maximum Gasteiger partial charge on any atom is 0.263 e. The molecule has 174 valence electrons. The normalized spacial score (nSPS) is 14.0. The van der Waals surface area contributed by atoms with Crippen LogP contribution < -0.4 is 10.5 Å². The monoisotopic (exact) mass is 499 g/mol. The van der Waals surface area contributed by atoms with Crippen LogP contribution in [-0.4, -0.2) is 82.0 Å². The number of hydrogen-bond acceptors (Lipinski definition) is 8. The molecule has 3 aromatic rings. The van der Waals surface area contributed by atoms with Crippen LogP contribution in [-0.2, 0) is 6.54 Å². The average molecular weight is 500 g/mol. The molecule has 0 bridgehead atoms. The molecular formula is C20H27Cl2N7O2S. The average Bonchev–Trinajstić information content (AvgIpc) is 3.10. The number of aryl methyl sites for hydroxylation is 1. The summed E-state index contributed by atoms with van der Waals surface area (Å²) >= 11 is 1.28. The second-order valence-electron chi connectivity index (χ2n) is 7.56. The molecule has 1 amide bonds. The zero-order valence-corrected chi connectivity index (χ0v) is 20.7. The number of carbonyl (C=O) groups is 1. The van der Waals surface area contributed by atoms with Crippen LogP contribution in [0.3, 0.4) is 0 Å². The maximum atomic E-state index is 13.0. The van der Waals surface area contributed by atoms with Crippen molar-refractivity contribution in [2.24, 2.45) is 0 Å². The Morgan fingerprint density at radius 1 is 1.06 bits per heavy atom. The van der Waals surface area contributed by atoms with Crippen LogP contribution >= 0.6 is 36.2 Å². The van der Waals surface area contributed by atoms with Crippen molar-refractivity contribution in [1.29, 1.82) is 0 Å². The van der Waals surface area contributed by atoms with Crippen LogP contribution in [0.15, 0.2) is 29.6 Å². The third-order valence-corrected chi connectivity index (χ3v) is 6.57. The van der Waals surface area contributed by atoms with Gasteiger partial charge in [-0.15, -0.1) is 36.2 Å². The SMILES string of the molecule is Cc1c(C(=O)N(C)C)sc2ncn(CCN3CCN(c4ncccn4)CC3)c(=O)c12.Cl.Cl. The second kappa shape index (κ2) is 11.0. The topological polar surface area (TPSA) is 87.5 Å². The number of hydrogen-bond donors (Lipinski definition) is 0. The number of piperazine rings is 1. The molecule has 3 aromatic heterocycles. The summed E-state index contributed by atoms with van der Waals surface area (Å²) in [6, 6.07) is 1.82. The van der Waals surface area contributed by atoms with Gasteiger partial charge in [-0.05, 0) is 18.6 Å². The van der Waals surface area contributed by atoms with E-state index in [2.05, 4.69) is 24.8 Å². The van der Waals surface area contributed by atoms with Gasteiger partial charge in [0.05, 0.1) is 16.6 Å². The lowest BCUT2D eigenvalue weighted by atomic mass is 10.2. The Balaban J connectivity index is 0.00000181. The van der Waals surface area contributed by atoms with E-state index in [-0.39, 0.29) is 36.3 Å². The highest BCUT2D eigenvalue weighted by atomic mass is 35.5. The molecule has 0 radical (unpaired) electrons. The summed E-state index contributed by atoms with van der Waals surface area (Å²) in [5.74, 6) is 0.667. The number of thiophene rings is 1. The van der Waals surface area contributed by atoms with Gasteiger partial charge in [-0.2, -0.15) is 0 Å². The third kappa shape index (κ3) is 5.20. The van der Waals surface area contributed by atoms with Crippen LogP contribution in [0, 0.1) is 6.92 Å². The minimum Gasteiger partial charge on any atom is -0.344 e. The van der Waals surface area contributed by atoms with Crippen molar-refractivity contribution in [3.8, 4) is 0 Å². The van der Waals surface area contributed by atoms with E-state index in [1.165, 1.54) is 16.2 Å². The predicted octanol–water partition coefficient (Wildman–Crippen LogP) is 1.92. The summed E-state index contributed by atoms with van der Waals surface area (Å²) in [6.45, 7) is 6.65. The largest absolute Gasteiger partial charge is 0.344 e. The fraction of sp³-hybridized carbons (Fsp3) is 0.450. The van der Waals surface area contributed by atoms with Crippen LogP contribution in [0.5, 0.6) is 0 Å². The molecule has 4 heterocycles. The highest BCUT2D eigenvalue weighted by Gasteiger charge is 2.22. The molecule has 1 aliphatic heterocycles. The summed E-state index contributed by atoms with van der Waals surface area (Å²) in [5, 5.41) is 0.554. The molecule has 1 saturated heterocycles. The Kier molecular flexibility index (Phi) is 8.97. The van der Waals surface area contributed by atoms with E-state index in [1.54, 1.807) is 37.4 Å². The zero-order chi connectivity index (χ0) is 21.3. The van der Waals surface area contributed by atoms with E-state index in [0.29, 0.717) is 21.6 Å². The van der Waals surface area contributed by atoms with Crippen LogP contribution in [0.4, 0.5) is 5.95 Å². The molecule has 9 nitrogen and oxygen atoms in total. The van der Waals surface area contributed by atoms with Gasteiger partial charge in [0, 0.05) is 65.8 Å². The Labute approximate surface area is 202 Å². The predicted molar refractivity (Wildman–Crippen MR) is 132 cm³/mol. The fourth-order valence-corrected chi connectivity index (χ4v) is 4.76. The van der Waals surface area contributed by atoms with E-state index < -0.39 is 0 Å². The first kappa shape index (κ1) is 26.0. The number of amides is 1. The lowest BCUT2D eigenvalue weighted by molar-refractivity contribution is 0.0831. The van der Waals surface area contributed by atoms with E-state index in [1.807, 2.05) is 13.0 Å². The minimum absolute atomic E-state index is 0. The van der Waals surface area contributed by atoms with Gasteiger partial charge in [0.15, 0.2) is 0 Å². The third-order valence-electron chi connectivity index (χ3n) is 5.38. The van der Waals surface area contributed by atoms with Crippen molar-refractivity contribution in [2.45, 2.75) is 13.5 Å². The van der Waals surface area contributed by atoms with Gasteiger partial charge in [-0.25, -0.2) is 15.0 Å². The summed E-state index contributed by atoms with van der Waals surface area (Å²) in [5.41, 5.74) is 0.639. The van der Waals surface area contributed by atoms with Crippen molar-refractivity contribution in [3.05, 3.63) is 45.6 Å². The number of nitrogens with zero attached hydrogens (tertiary/aromatic N) is 7. The summed E-state index contributed by atoms with van der Waals surface area (Å²) < 4.78 is 1.65. The highest BCUT2D eigenvalue weighted by Crippen LogP contribution is 2.27. The molecule has 0 saturated carbocycles. The van der Waals surface area contributed by atoms with Gasteiger partial charge in [0.25, 0.3) is 11.5 Å². The maximum absolute atomic E-state index is 13.0. The van der Waals surface area contributed by atoms with Gasteiger partial charge in [-0.1, -0.05) is 0 Å². The molecule has 1 fully saturated rings. The Morgan fingerprint density at radius 2 is 1.72 bits per heavy atom. The van der Waals surface area contributed by atoms with Crippen molar-refractivity contribution in [1.82, 2.24) is 29.3 Å². The van der Waals surface area contributed by atoms with Gasteiger partial charge in [0.1, 0.15) is 4.83 Å². The summed E-state index contributed by atoms with van der Waals surface area (Å²) in [6.07, 6.45) is 5.11. The molecule has 0 N–H and O–H groups in total. The smallest absolute Gasteiger partial charge is 0.263 e. The fourth-order valence-electron chi connectivity index (χ4n) is 3.60. The van der Waals surface area contributed by atoms with Gasteiger partial charge in [-0.3, -0.25) is 19.1 Å². The van der Waals surface area contributed by atoms with E-state index in [4.69, 9.17) is 0 Å². The standard InChI is InChI=1S/C20H25N7O2S.2ClH/c1-14-15-17(30-16(14)19(29)24(2)3)23-13-27(18(15)28)12-9-25-7-10-26(11-8-25)20-21-5-4-6-22-20;;/h4-6,13H,7-12H2,1-3H3;2*1H. The zero-order valence-electron chi connectivity index (χ0n) is 18.2. The number of carbonyl (C=O) groups excluding carboxylic acids is 1. The minimum atomic E-state index is -0.0956. The Hall–Kier alpha value is -2.27. The lowest BCUT2D eigenvalue weighted by Crippen LogP contribution is -2.48. The van der Waals surface area contributed by atoms with Gasteiger partial charge >= 0.3 is 0 Å². The first-order valence-corrected chi connectivity index (χ1v) is 10.7. The molecule has 0 atom stereocenters. The molecule has 4 rings (SSSR count). The van der Waals surface area contributed by atoms with Crippen LogP contribution in [0.1, 0.15) is 15.2 Å². The first-order valence-electron chi connectivity index (χ1n) is 9.90. The first-order chi connectivity index (χ1) is 14.5. The number of aromatic nitrogens is 4. The Morgan fingerprint density at radius 3 is 2.34 bits per heavy atom.